The Kier molecular flexibility index (Phi) is 12.5. The second-order valence-corrected chi connectivity index (χ2v) is 10.5. The first kappa shape index (κ1) is 32.5. The number of ether oxygens (including phenoxy) is 6. The molecule has 0 spiro atoms. The topological polar surface area (TPSA) is 141 Å². The highest BCUT2D eigenvalue weighted by Gasteiger charge is 2.33. The number of carbonyl (C=O) groups excluding carboxylic acids is 3. The molecule has 4 rings (SSSR count). The van der Waals surface area contributed by atoms with Crippen LogP contribution in [0.4, 0.5) is 5.69 Å². The quantitative estimate of drug-likeness (QED) is 0.0686. The predicted octanol–water partition coefficient (Wildman–Crippen LogP) is 5.25. The number of unbranched alkanes of at least 4 members (excludes halogenated alkanes) is 6. The summed E-state index contributed by atoms with van der Waals surface area (Å²) in [5, 5.41) is 9.70. The molecule has 0 N–H and O–H groups in total. The van der Waals surface area contributed by atoms with Crippen LogP contribution in [0.3, 0.4) is 0 Å². The molecule has 0 saturated carbocycles. The zero-order valence-corrected chi connectivity index (χ0v) is 24.6. The third kappa shape index (κ3) is 10.4. The number of esters is 3. The third-order valence-electron chi connectivity index (χ3n) is 7.06. The number of epoxide rings is 2. The Hall–Kier alpha value is -4.45. The first-order valence-electron chi connectivity index (χ1n) is 14.9. The van der Waals surface area contributed by atoms with Gasteiger partial charge in [-0.3, -0.25) is 0 Å². The predicted molar refractivity (Wildman–Crippen MR) is 156 cm³/mol. The molecule has 11 heteroatoms. The molecule has 232 valence electrons. The van der Waals surface area contributed by atoms with Crippen molar-refractivity contribution in [3.63, 3.8) is 0 Å². The lowest BCUT2D eigenvalue weighted by molar-refractivity contribution is -0.146. The number of nitrogens with zero attached hydrogens (tertiary/aromatic N) is 2. The lowest BCUT2D eigenvalue weighted by Gasteiger charge is -2.12. The second kappa shape index (κ2) is 17.0. The maximum Gasteiger partial charge on any atom is 0.342 e. The third-order valence-corrected chi connectivity index (χ3v) is 7.06. The number of rotatable bonds is 19. The van der Waals surface area contributed by atoms with Gasteiger partial charge in [0.15, 0.2) is 12.2 Å². The fraction of sp³-hybridized carbons (Fsp3) is 0.485. The van der Waals surface area contributed by atoms with Gasteiger partial charge < -0.3 is 28.4 Å². The van der Waals surface area contributed by atoms with Crippen molar-refractivity contribution in [3.05, 3.63) is 64.5 Å². The molecule has 0 aromatic heterocycles. The van der Waals surface area contributed by atoms with E-state index in [-0.39, 0.29) is 40.8 Å². The van der Waals surface area contributed by atoms with Crippen molar-refractivity contribution in [2.45, 2.75) is 70.0 Å². The Morgan fingerprint density at radius 2 is 1.34 bits per heavy atom. The highest BCUT2D eigenvalue weighted by molar-refractivity contribution is 5.92. The molecule has 11 nitrogen and oxygen atoms in total. The SMILES string of the molecule is [C-]#[N+]c1c(OC(=O)c2ccc(CCCCCCCOC(=O)C3CO3)cc2)ccc(OCCCCCOC(=O)C2CO2)c1C#N. The second-order valence-electron chi connectivity index (χ2n) is 10.5. The summed E-state index contributed by atoms with van der Waals surface area (Å²) in [6.07, 6.45) is 7.17. The molecule has 2 atom stereocenters. The van der Waals surface area contributed by atoms with Crippen LogP contribution in [0.5, 0.6) is 11.5 Å². The van der Waals surface area contributed by atoms with Crippen LogP contribution >= 0.6 is 0 Å². The van der Waals surface area contributed by atoms with Crippen molar-refractivity contribution in [1.82, 2.24) is 0 Å². The molecule has 2 unspecified atom stereocenters. The molecule has 2 aromatic rings. The number of nitriles is 1. The Morgan fingerprint density at radius 1 is 0.795 bits per heavy atom. The first-order chi connectivity index (χ1) is 21.5. The molecule has 2 fully saturated rings. The van der Waals surface area contributed by atoms with E-state index < -0.39 is 12.1 Å². The Morgan fingerprint density at radius 3 is 1.93 bits per heavy atom. The van der Waals surface area contributed by atoms with Gasteiger partial charge in [0.05, 0.1) is 51.2 Å². The fourth-order valence-corrected chi connectivity index (χ4v) is 4.37. The summed E-state index contributed by atoms with van der Waals surface area (Å²) < 4.78 is 31.2. The van der Waals surface area contributed by atoms with Gasteiger partial charge in [0, 0.05) is 0 Å². The lowest BCUT2D eigenvalue weighted by atomic mass is 10.0. The lowest BCUT2D eigenvalue weighted by Crippen LogP contribution is -2.12. The molecule has 2 aliphatic heterocycles. The maximum atomic E-state index is 12.8. The minimum atomic E-state index is -0.623. The van der Waals surface area contributed by atoms with Gasteiger partial charge in [-0.1, -0.05) is 31.4 Å². The standard InChI is InChI=1S/C33H36N2O9/c1-35-30-25(20-34)26(39-17-8-5-9-19-41-33(38)29-22-43-29)15-16-27(30)44-31(36)24-13-11-23(12-14-24)10-6-3-2-4-7-18-40-32(37)28-21-42-28/h11-16,28-29H,2-10,17-19,21-22H2. The van der Waals surface area contributed by atoms with Crippen molar-refractivity contribution in [2.75, 3.05) is 33.0 Å². The number of benzene rings is 2. The van der Waals surface area contributed by atoms with Crippen molar-refractivity contribution in [2.24, 2.45) is 0 Å². The highest BCUT2D eigenvalue weighted by atomic mass is 16.6. The van der Waals surface area contributed by atoms with Crippen molar-refractivity contribution < 1.29 is 42.8 Å². The van der Waals surface area contributed by atoms with Crippen molar-refractivity contribution in [3.8, 4) is 17.6 Å². The van der Waals surface area contributed by atoms with Crippen LogP contribution in [0.15, 0.2) is 36.4 Å². The molecule has 2 saturated heterocycles. The Labute approximate surface area is 256 Å². The van der Waals surface area contributed by atoms with E-state index in [9.17, 15) is 19.6 Å². The van der Waals surface area contributed by atoms with Crippen molar-refractivity contribution in [1.29, 1.82) is 5.26 Å². The van der Waals surface area contributed by atoms with Gasteiger partial charge in [-0.15, -0.1) is 0 Å². The van der Waals surface area contributed by atoms with Crippen LogP contribution in [0, 0.1) is 17.9 Å². The van der Waals surface area contributed by atoms with Crippen molar-refractivity contribution >= 4 is 23.6 Å². The van der Waals surface area contributed by atoms with Gasteiger partial charge in [-0.05, 0) is 68.4 Å². The molecule has 44 heavy (non-hydrogen) atoms. The summed E-state index contributed by atoms with van der Waals surface area (Å²) in [7, 11) is 0. The van der Waals surface area contributed by atoms with Gasteiger partial charge in [0.2, 0.25) is 5.69 Å². The van der Waals surface area contributed by atoms with Crippen LogP contribution in [-0.2, 0) is 35.0 Å². The fourth-order valence-electron chi connectivity index (χ4n) is 4.37. The summed E-state index contributed by atoms with van der Waals surface area (Å²) in [5.41, 5.74) is 1.36. The van der Waals surface area contributed by atoms with E-state index in [1.54, 1.807) is 12.1 Å². The average molecular weight is 605 g/mol. The monoisotopic (exact) mass is 604 g/mol. The Bertz CT molecular complexity index is 1370. The number of hydrogen-bond acceptors (Lipinski definition) is 10. The Balaban J connectivity index is 1.16. The number of aryl methyl sites for hydroxylation is 1. The zero-order chi connectivity index (χ0) is 31.1. The van der Waals surface area contributed by atoms with Gasteiger partial charge in [-0.25, -0.2) is 19.2 Å². The minimum Gasteiger partial charge on any atom is -0.494 e. The molecule has 0 amide bonds. The summed E-state index contributed by atoms with van der Waals surface area (Å²) in [4.78, 5) is 39.1. The van der Waals surface area contributed by atoms with Crippen LogP contribution in [0.25, 0.3) is 4.85 Å². The molecule has 0 radical (unpaired) electrons. The van der Waals surface area contributed by atoms with E-state index in [0.717, 1.165) is 50.5 Å². The van der Waals surface area contributed by atoms with Crippen LogP contribution in [-0.4, -0.2) is 63.2 Å². The highest BCUT2D eigenvalue weighted by Crippen LogP contribution is 2.38. The van der Waals surface area contributed by atoms with E-state index >= 15 is 0 Å². The smallest absolute Gasteiger partial charge is 0.342 e. The zero-order valence-electron chi connectivity index (χ0n) is 24.6. The van der Waals surface area contributed by atoms with Gasteiger partial charge in [0.1, 0.15) is 17.1 Å². The molecular weight excluding hydrogens is 568 g/mol. The van der Waals surface area contributed by atoms with E-state index in [1.165, 1.54) is 12.1 Å². The van der Waals surface area contributed by atoms with Gasteiger partial charge >= 0.3 is 17.9 Å². The van der Waals surface area contributed by atoms with E-state index in [1.807, 2.05) is 18.2 Å². The summed E-state index contributed by atoms with van der Waals surface area (Å²) in [5.74, 6) is -0.980. The number of hydrogen-bond donors (Lipinski definition) is 0. The molecule has 2 heterocycles. The first-order valence-corrected chi connectivity index (χ1v) is 14.9. The summed E-state index contributed by atoms with van der Waals surface area (Å²) in [6.45, 7) is 9.53. The molecule has 2 aromatic carbocycles. The number of carbonyl (C=O) groups is 3. The maximum absolute atomic E-state index is 12.8. The normalized spacial score (nSPS) is 16.2. The van der Waals surface area contributed by atoms with Crippen LogP contribution in [0.1, 0.15) is 72.9 Å². The molecule has 2 aliphatic rings. The summed E-state index contributed by atoms with van der Waals surface area (Å²) >= 11 is 0. The van der Waals surface area contributed by atoms with E-state index in [0.29, 0.717) is 51.4 Å². The largest absolute Gasteiger partial charge is 0.494 e. The van der Waals surface area contributed by atoms with Crippen LogP contribution in [0.2, 0.25) is 0 Å². The summed E-state index contributed by atoms with van der Waals surface area (Å²) in [6, 6.07) is 12.1. The minimum absolute atomic E-state index is 0.00456. The molecular formula is C33H36N2O9. The van der Waals surface area contributed by atoms with Gasteiger partial charge in [0.25, 0.3) is 0 Å². The van der Waals surface area contributed by atoms with E-state index in [4.69, 9.17) is 35.0 Å². The average Bonchev–Trinajstić information content (AvgIpc) is 3.95. The van der Waals surface area contributed by atoms with Crippen LogP contribution < -0.4 is 9.47 Å². The van der Waals surface area contributed by atoms with E-state index in [2.05, 4.69) is 4.85 Å². The molecule has 0 bridgehead atoms. The van der Waals surface area contributed by atoms with Gasteiger partial charge in [-0.2, -0.15) is 5.26 Å². The molecule has 0 aliphatic carbocycles.